The molecule has 0 spiro atoms. The van der Waals surface area contributed by atoms with Crippen LogP contribution in [-0.4, -0.2) is 119 Å². The van der Waals surface area contributed by atoms with Crippen LogP contribution in [0.4, 0.5) is 0 Å². The fraction of sp³-hybridized carbons (Fsp3) is 1.00. The van der Waals surface area contributed by atoms with Crippen LogP contribution >= 0.6 is 0 Å². The van der Waals surface area contributed by atoms with E-state index in [0.29, 0.717) is 119 Å². The van der Waals surface area contributed by atoms with Gasteiger partial charge < -0.3 is 42.6 Å². The Balaban J connectivity index is 1.82. The normalized spacial score (nSPS) is 26.1. The van der Waals surface area contributed by atoms with Crippen molar-refractivity contribution < 1.29 is 42.6 Å². The minimum Gasteiger partial charge on any atom is -0.379 e. The van der Waals surface area contributed by atoms with Crippen molar-refractivity contribution in [2.24, 2.45) is 11.8 Å². The third-order valence-electron chi connectivity index (χ3n) is 4.60. The highest BCUT2D eigenvalue weighted by Crippen LogP contribution is 2.16. The molecule has 2 aliphatic heterocycles. The zero-order valence-corrected chi connectivity index (χ0v) is 17.6. The summed E-state index contributed by atoms with van der Waals surface area (Å²) in [6.07, 6.45) is 0. The molecule has 0 aromatic carbocycles. The zero-order valence-electron chi connectivity index (χ0n) is 17.6. The van der Waals surface area contributed by atoms with Gasteiger partial charge in [-0.2, -0.15) is 0 Å². The summed E-state index contributed by atoms with van der Waals surface area (Å²) in [6, 6.07) is 0. The summed E-state index contributed by atoms with van der Waals surface area (Å²) < 4.78 is 50.8. The van der Waals surface area contributed by atoms with E-state index < -0.39 is 0 Å². The van der Waals surface area contributed by atoms with Crippen LogP contribution in [0.3, 0.4) is 0 Å². The molecule has 9 nitrogen and oxygen atoms in total. The van der Waals surface area contributed by atoms with E-state index in [1.165, 1.54) is 0 Å². The Hall–Kier alpha value is -0.360. The van der Waals surface area contributed by atoms with E-state index in [2.05, 4.69) is 0 Å². The molecule has 0 atom stereocenters. The lowest BCUT2D eigenvalue weighted by molar-refractivity contribution is -0.0652. The maximum atomic E-state index is 5.86. The first-order chi connectivity index (χ1) is 14.5. The highest BCUT2D eigenvalue weighted by molar-refractivity contribution is 4.70. The van der Waals surface area contributed by atoms with Crippen LogP contribution < -0.4 is 0 Å². The van der Waals surface area contributed by atoms with E-state index in [1.54, 1.807) is 0 Å². The van der Waals surface area contributed by atoms with Crippen LogP contribution in [0.5, 0.6) is 0 Å². The Morgan fingerprint density at radius 2 is 0.414 bits per heavy atom. The summed E-state index contributed by atoms with van der Waals surface area (Å²) in [5, 5.41) is 0. The Morgan fingerprint density at radius 3 is 0.621 bits per heavy atom. The molecular weight excluding hydrogens is 384 g/mol. The van der Waals surface area contributed by atoms with Crippen molar-refractivity contribution in [2.45, 2.75) is 0 Å². The predicted octanol–water partition coefficient (Wildman–Crippen LogP) is 0.395. The standard InChI is InChI=1S/C20H38O9/c1-3-22-7-11-26-15-19(16-27-12-8-23-4-2-21-1)20-17-28-13-9-24-5-6-25-10-14-29-18-20/h19-20H,1-18H2. The Bertz CT molecular complexity index is 329. The first-order valence-corrected chi connectivity index (χ1v) is 10.7. The monoisotopic (exact) mass is 422 g/mol. The van der Waals surface area contributed by atoms with E-state index in [0.717, 1.165) is 0 Å². The van der Waals surface area contributed by atoms with Gasteiger partial charge in [0.2, 0.25) is 0 Å². The van der Waals surface area contributed by atoms with Crippen molar-refractivity contribution in [2.75, 3.05) is 119 Å². The lowest BCUT2D eigenvalue weighted by Gasteiger charge is -2.27. The molecule has 2 saturated heterocycles. The van der Waals surface area contributed by atoms with Crippen molar-refractivity contribution in [1.82, 2.24) is 0 Å². The number of hydrogen-bond donors (Lipinski definition) is 0. The molecule has 0 saturated carbocycles. The van der Waals surface area contributed by atoms with Crippen LogP contribution in [0, 0.1) is 11.8 Å². The summed E-state index contributed by atoms with van der Waals surface area (Å²) in [6.45, 7) is 10.1. The van der Waals surface area contributed by atoms with Gasteiger partial charge in [0.05, 0.1) is 119 Å². The smallest absolute Gasteiger partial charge is 0.0701 e. The fourth-order valence-corrected chi connectivity index (χ4v) is 2.91. The first-order valence-electron chi connectivity index (χ1n) is 10.7. The average Bonchev–Trinajstić information content (AvgIpc) is 2.75. The molecule has 0 N–H and O–H groups in total. The van der Waals surface area contributed by atoms with Crippen LogP contribution in [0.15, 0.2) is 0 Å². The Kier molecular flexibility index (Phi) is 15.8. The van der Waals surface area contributed by atoms with Crippen molar-refractivity contribution in [3.8, 4) is 0 Å². The summed E-state index contributed by atoms with van der Waals surface area (Å²) in [5.74, 6) is 0.308. The van der Waals surface area contributed by atoms with Gasteiger partial charge in [-0.15, -0.1) is 0 Å². The SMILES string of the molecule is C1COCCOCC(C2COCCOCCOCCOC2)COCCOCCO1. The van der Waals surface area contributed by atoms with Gasteiger partial charge in [0.25, 0.3) is 0 Å². The molecular formula is C20H38O9. The van der Waals surface area contributed by atoms with E-state index >= 15 is 0 Å². The number of rotatable bonds is 1. The van der Waals surface area contributed by atoms with Gasteiger partial charge in [-0.1, -0.05) is 0 Å². The van der Waals surface area contributed by atoms with E-state index in [1.807, 2.05) is 0 Å². The molecule has 29 heavy (non-hydrogen) atoms. The van der Waals surface area contributed by atoms with Crippen LogP contribution in [0.2, 0.25) is 0 Å². The minimum absolute atomic E-state index is 0.151. The van der Waals surface area contributed by atoms with Gasteiger partial charge in [-0.05, 0) is 0 Å². The second kappa shape index (κ2) is 18.4. The maximum Gasteiger partial charge on any atom is 0.0701 e. The zero-order chi connectivity index (χ0) is 20.2. The second-order valence-electron chi connectivity index (χ2n) is 6.88. The highest BCUT2D eigenvalue weighted by atomic mass is 16.6. The van der Waals surface area contributed by atoms with Crippen molar-refractivity contribution in [3.05, 3.63) is 0 Å². The van der Waals surface area contributed by atoms with Crippen LogP contribution in [0.1, 0.15) is 0 Å². The Morgan fingerprint density at radius 1 is 0.241 bits per heavy atom. The molecule has 2 heterocycles. The predicted molar refractivity (Wildman–Crippen MR) is 104 cm³/mol. The summed E-state index contributed by atoms with van der Waals surface area (Å²) >= 11 is 0. The average molecular weight is 423 g/mol. The van der Waals surface area contributed by atoms with Gasteiger partial charge in [-0.25, -0.2) is 0 Å². The highest BCUT2D eigenvalue weighted by Gasteiger charge is 2.23. The van der Waals surface area contributed by atoms with Gasteiger partial charge in [0.15, 0.2) is 0 Å². The van der Waals surface area contributed by atoms with Crippen LogP contribution in [-0.2, 0) is 42.6 Å². The molecule has 0 amide bonds. The fourth-order valence-electron chi connectivity index (χ4n) is 2.91. The van der Waals surface area contributed by atoms with Crippen molar-refractivity contribution in [1.29, 1.82) is 0 Å². The number of hydrogen-bond acceptors (Lipinski definition) is 9. The summed E-state index contributed by atoms with van der Waals surface area (Å²) in [4.78, 5) is 0. The number of ether oxygens (including phenoxy) is 9. The summed E-state index contributed by atoms with van der Waals surface area (Å²) in [7, 11) is 0. The molecule has 0 aromatic heterocycles. The van der Waals surface area contributed by atoms with Crippen molar-refractivity contribution in [3.63, 3.8) is 0 Å². The van der Waals surface area contributed by atoms with Gasteiger partial charge in [-0.3, -0.25) is 0 Å². The molecule has 2 fully saturated rings. The van der Waals surface area contributed by atoms with Gasteiger partial charge in [0, 0.05) is 11.8 Å². The largest absolute Gasteiger partial charge is 0.379 e. The molecule has 9 heteroatoms. The molecule has 172 valence electrons. The minimum atomic E-state index is 0.151. The second-order valence-corrected chi connectivity index (χ2v) is 6.88. The van der Waals surface area contributed by atoms with Gasteiger partial charge in [0.1, 0.15) is 0 Å². The van der Waals surface area contributed by atoms with E-state index in [-0.39, 0.29) is 11.8 Å². The van der Waals surface area contributed by atoms with E-state index in [4.69, 9.17) is 42.6 Å². The topological polar surface area (TPSA) is 83.1 Å². The summed E-state index contributed by atoms with van der Waals surface area (Å²) in [5.41, 5.74) is 0. The van der Waals surface area contributed by atoms with Crippen LogP contribution in [0.25, 0.3) is 0 Å². The molecule has 2 rings (SSSR count). The van der Waals surface area contributed by atoms with E-state index in [9.17, 15) is 0 Å². The molecule has 0 aromatic rings. The third kappa shape index (κ3) is 13.5. The lowest BCUT2D eigenvalue weighted by atomic mass is 9.95. The molecule has 0 unspecified atom stereocenters. The third-order valence-corrected chi connectivity index (χ3v) is 4.60. The molecule has 0 aliphatic carbocycles. The molecule has 2 aliphatic rings. The Labute approximate surface area is 174 Å². The van der Waals surface area contributed by atoms with Crippen molar-refractivity contribution >= 4 is 0 Å². The maximum absolute atomic E-state index is 5.86. The molecule has 0 bridgehead atoms. The first kappa shape index (κ1) is 24.9. The quantitative estimate of drug-likeness (QED) is 0.596. The lowest BCUT2D eigenvalue weighted by Crippen LogP contribution is -2.33. The van der Waals surface area contributed by atoms with Gasteiger partial charge >= 0.3 is 0 Å². The molecule has 0 radical (unpaired) electrons.